The smallest absolute Gasteiger partial charge is 0.282 e. The fourth-order valence-electron chi connectivity index (χ4n) is 3.02. The van der Waals surface area contributed by atoms with Crippen LogP contribution in [0.3, 0.4) is 0 Å². The standard InChI is InChI=1S/C21H14F2N2O2S/c1-12-5-2-3-6-15(12)24-19-18(17-7-4-10-28-17)20(26)25(21(19)27)16-11-13(22)8-9-14(16)23/h2-11,24H,1H3. The first-order valence-electron chi connectivity index (χ1n) is 8.42. The Labute approximate surface area is 163 Å². The second kappa shape index (κ2) is 7.01. The van der Waals surface area contributed by atoms with Gasteiger partial charge in [-0.05, 0) is 42.1 Å². The molecule has 0 atom stereocenters. The van der Waals surface area contributed by atoms with Crippen LogP contribution in [0.25, 0.3) is 5.57 Å². The highest BCUT2D eigenvalue weighted by molar-refractivity contribution is 7.11. The molecule has 140 valence electrons. The number of halogens is 2. The summed E-state index contributed by atoms with van der Waals surface area (Å²) in [4.78, 5) is 27.4. The Morgan fingerprint density at radius 1 is 0.964 bits per heavy atom. The first-order chi connectivity index (χ1) is 13.5. The molecule has 7 heteroatoms. The fourth-order valence-corrected chi connectivity index (χ4v) is 3.79. The summed E-state index contributed by atoms with van der Waals surface area (Å²) in [5.41, 5.74) is 1.27. The summed E-state index contributed by atoms with van der Waals surface area (Å²) in [7, 11) is 0. The molecule has 1 aromatic heterocycles. The molecule has 1 aliphatic rings. The van der Waals surface area contributed by atoms with Crippen LogP contribution in [0.15, 0.2) is 65.7 Å². The summed E-state index contributed by atoms with van der Waals surface area (Å²) < 4.78 is 28.0. The molecule has 4 nitrogen and oxygen atoms in total. The van der Waals surface area contributed by atoms with E-state index in [1.54, 1.807) is 29.6 Å². The summed E-state index contributed by atoms with van der Waals surface area (Å²) in [6.07, 6.45) is 0. The van der Waals surface area contributed by atoms with E-state index in [-0.39, 0.29) is 11.3 Å². The lowest BCUT2D eigenvalue weighted by molar-refractivity contribution is -0.120. The van der Waals surface area contributed by atoms with Gasteiger partial charge in [-0.25, -0.2) is 13.7 Å². The highest BCUT2D eigenvalue weighted by Gasteiger charge is 2.42. The number of aryl methyl sites for hydroxylation is 1. The van der Waals surface area contributed by atoms with Crippen molar-refractivity contribution >= 4 is 40.1 Å². The van der Waals surface area contributed by atoms with Crippen molar-refractivity contribution in [1.29, 1.82) is 0 Å². The van der Waals surface area contributed by atoms with Crippen molar-refractivity contribution in [3.8, 4) is 0 Å². The van der Waals surface area contributed by atoms with Crippen LogP contribution < -0.4 is 10.2 Å². The molecule has 4 rings (SSSR count). The van der Waals surface area contributed by atoms with E-state index in [0.29, 0.717) is 15.5 Å². The molecule has 0 radical (unpaired) electrons. The van der Waals surface area contributed by atoms with Crippen molar-refractivity contribution in [1.82, 2.24) is 0 Å². The Morgan fingerprint density at radius 2 is 1.75 bits per heavy atom. The van der Waals surface area contributed by atoms with Gasteiger partial charge in [-0.2, -0.15) is 0 Å². The van der Waals surface area contributed by atoms with Crippen molar-refractivity contribution < 1.29 is 18.4 Å². The van der Waals surface area contributed by atoms with Crippen molar-refractivity contribution in [3.05, 3.63) is 87.7 Å². The monoisotopic (exact) mass is 396 g/mol. The highest BCUT2D eigenvalue weighted by atomic mass is 32.1. The van der Waals surface area contributed by atoms with E-state index in [1.807, 2.05) is 19.1 Å². The highest BCUT2D eigenvalue weighted by Crippen LogP contribution is 2.36. The molecule has 0 spiro atoms. The van der Waals surface area contributed by atoms with Gasteiger partial charge in [0.25, 0.3) is 11.8 Å². The van der Waals surface area contributed by atoms with Crippen LogP contribution >= 0.6 is 11.3 Å². The Kier molecular flexibility index (Phi) is 4.52. The molecule has 28 heavy (non-hydrogen) atoms. The lowest BCUT2D eigenvalue weighted by Gasteiger charge is -2.16. The van der Waals surface area contributed by atoms with Gasteiger partial charge in [-0.15, -0.1) is 11.3 Å². The number of amides is 2. The molecule has 0 fully saturated rings. The molecule has 3 aromatic rings. The number of para-hydroxylation sites is 1. The number of rotatable bonds is 4. The van der Waals surface area contributed by atoms with Gasteiger partial charge in [0.2, 0.25) is 0 Å². The molecule has 0 unspecified atom stereocenters. The van der Waals surface area contributed by atoms with E-state index in [1.165, 1.54) is 11.3 Å². The van der Waals surface area contributed by atoms with Crippen LogP contribution in [0.1, 0.15) is 10.4 Å². The van der Waals surface area contributed by atoms with Crippen LogP contribution in [-0.4, -0.2) is 11.8 Å². The largest absolute Gasteiger partial charge is 0.350 e. The van der Waals surface area contributed by atoms with E-state index in [9.17, 15) is 18.4 Å². The Hall–Kier alpha value is -3.32. The van der Waals surface area contributed by atoms with E-state index < -0.39 is 29.1 Å². The minimum atomic E-state index is -0.856. The van der Waals surface area contributed by atoms with Gasteiger partial charge in [0.15, 0.2) is 0 Å². The molecule has 2 aromatic carbocycles. The number of thiophene rings is 1. The topological polar surface area (TPSA) is 49.4 Å². The first-order valence-corrected chi connectivity index (χ1v) is 9.30. The fraction of sp³-hybridized carbons (Fsp3) is 0.0476. The third-order valence-corrected chi connectivity index (χ3v) is 5.29. The number of hydrogen-bond donors (Lipinski definition) is 1. The zero-order valence-electron chi connectivity index (χ0n) is 14.7. The van der Waals surface area contributed by atoms with E-state index in [0.717, 1.165) is 23.8 Å². The number of nitrogens with zero attached hydrogens (tertiary/aromatic N) is 1. The molecule has 1 N–H and O–H groups in total. The lowest BCUT2D eigenvalue weighted by atomic mass is 10.1. The maximum Gasteiger partial charge on any atom is 0.282 e. The maximum absolute atomic E-state index is 14.3. The number of nitrogens with one attached hydrogen (secondary N) is 1. The molecule has 0 aliphatic carbocycles. The summed E-state index contributed by atoms with van der Waals surface area (Å²) in [5, 5.41) is 4.79. The Balaban J connectivity index is 1.85. The van der Waals surface area contributed by atoms with E-state index in [2.05, 4.69) is 5.32 Å². The molecule has 0 saturated heterocycles. The van der Waals surface area contributed by atoms with Crippen LogP contribution in [0, 0.1) is 18.6 Å². The average Bonchev–Trinajstić information content (AvgIpc) is 3.27. The van der Waals surface area contributed by atoms with Crippen LogP contribution in [0.5, 0.6) is 0 Å². The first kappa shape index (κ1) is 18.1. The summed E-state index contributed by atoms with van der Waals surface area (Å²) in [6, 6.07) is 13.4. The number of imide groups is 1. The molecule has 0 saturated carbocycles. The summed E-state index contributed by atoms with van der Waals surface area (Å²) in [5.74, 6) is -3.03. The molecular weight excluding hydrogens is 382 g/mol. The zero-order chi connectivity index (χ0) is 19.8. The van der Waals surface area contributed by atoms with Crippen LogP contribution in [0.2, 0.25) is 0 Å². The van der Waals surface area contributed by atoms with Gasteiger partial charge >= 0.3 is 0 Å². The number of carbonyl (C=O) groups excluding carboxylic acids is 2. The third kappa shape index (κ3) is 2.99. The van der Waals surface area contributed by atoms with Gasteiger partial charge < -0.3 is 5.32 Å². The molecule has 2 amide bonds. The predicted octanol–water partition coefficient (Wildman–Crippen LogP) is 4.73. The van der Waals surface area contributed by atoms with Gasteiger partial charge in [-0.1, -0.05) is 24.3 Å². The molecule has 2 heterocycles. The Morgan fingerprint density at radius 3 is 2.46 bits per heavy atom. The van der Waals surface area contributed by atoms with Gasteiger partial charge in [0, 0.05) is 16.6 Å². The minimum Gasteiger partial charge on any atom is -0.350 e. The molecule has 0 bridgehead atoms. The second-order valence-electron chi connectivity index (χ2n) is 6.21. The van der Waals surface area contributed by atoms with Gasteiger partial charge in [0.05, 0.1) is 11.3 Å². The van der Waals surface area contributed by atoms with E-state index >= 15 is 0 Å². The second-order valence-corrected chi connectivity index (χ2v) is 7.16. The molecular formula is C21H14F2N2O2S. The van der Waals surface area contributed by atoms with Crippen molar-refractivity contribution in [2.45, 2.75) is 6.92 Å². The number of carbonyl (C=O) groups is 2. The number of benzene rings is 2. The third-order valence-electron chi connectivity index (χ3n) is 4.41. The Bertz CT molecular complexity index is 1120. The summed E-state index contributed by atoms with van der Waals surface area (Å²) >= 11 is 1.28. The minimum absolute atomic E-state index is 0.0328. The van der Waals surface area contributed by atoms with Crippen molar-refractivity contribution in [2.24, 2.45) is 0 Å². The number of anilines is 2. The van der Waals surface area contributed by atoms with Gasteiger partial charge in [0.1, 0.15) is 17.3 Å². The molecule has 1 aliphatic heterocycles. The quantitative estimate of drug-likeness (QED) is 0.649. The SMILES string of the molecule is Cc1ccccc1NC1=C(c2cccs2)C(=O)N(c2cc(F)ccc2F)C1=O. The maximum atomic E-state index is 14.3. The lowest BCUT2D eigenvalue weighted by Crippen LogP contribution is -2.33. The average molecular weight is 396 g/mol. The van der Waals surface area contributed by atoms with Crippen molar-refractivity contribution in [3.63, 3.8) is 0 Å². The zero-order valence-corrected chi connectivity index (χ0v) is 15.5. The van der Waals surface area contributed by atoms with Crippen LogP contribution in [0.4, 0.5) is 20.2 Å². The number of hydrogen-bond acceptors (Lipinski definition) is 4. The summed E-state index contributed by atoms with van der Waals surface area (Å²) in [6.45, 7) is 1.86. The van der Waals surface area contributed by atoms with E-state index in [4.69, 9.17) is 0 Å². The van der Waals surface area contributed by atoms with Gasteiger partial charge in [-0.3, -0.25) is 9.59 Å². The predicted molar refractivity (Wildman–Crippen MR) is 105 cm³/mol. The normalized spacial score (nSPS) is 14.2. The van der Waals surface area contributed by atoms with Crippen molar-refractivity contribution in [2.75, 3.05) is 10.2 Å². The van der Waals surface area contributed by atoms with Crippen LogP contribution in [-0.2, 0) is 9.59 Å².